The number of nitrogens with zero attached hydrogens (tertiary/aromatic N) is 1. The van der Waals surface area contributed by atoms with E-state index in [1.54, 1.807) is 24.6 Å². The van der Waals surface area contributed by atoms with Crippen molar-refractivity contribution in [3.05, 3.63) is 41.0 Å². The van der Waals surface area contributed by atoms with Crippen LogP contribution in [0.15, 0.2) is 39.9 Å². The van der Waals surface area contributed by atoms with E-state index in [-0.39, 0.29) is 5.56 Å². The highest BCUT2D eigenvalue weighted by molar-refractivity contribution is 5.54. The largest absolute Gasteiger partial charge is 0.464 e. The van der Waals surface area contributed by atoms with Gasteiger partial charge < -0.3 is 4.42 Å². The van der Waals surface area contributed by atoms with E-state index in [2.05, 4.69) is 10.2 Å². The Morgan fingerprint density at radius 3 is 3.08 bits per heavy atom. The van der Waals surface area contributed by atoms with Crippen LogP contribution in [-0.2, 0) is 0 Å². The molecule has 0 aliphatic carbocycles. The summed E-state index contributed by atoms with van der Waals surface area (Å²) in [6.45, 7) is 0. The normalized spacial score (nSPS) is 10.0. The number of H-pyrrole nitrogens is 1. The van der Waals surface area contributed by atoms with E-state index >= 15 is 0 Å². The molecule has 0 unspecified atom stereocenters. The van der Waals surface area contributed by atoms with Gasteiger partial charge in [-0.15, -0.1) is 0 Å². The minimum atomic E-state index is -0.232. The highest BCUT2D eigenvalue weighted by atomic mass is 16.3. The van der Waals surface area contributed by atoms with Crippen molar-refractivity contribution in [1.82, 2.24) is 10.2 Å². The van der Waals surface area contributed by atoms with Crippen LogP contribution in [0.3, 0.4) is 0 Å². The first-order valence-electron chi connectivity index (χ1n) is 3.45. The van der Waals surface area contributed by atoms with Gasteiger partial charge in [-0.05, 0) is 12.1 Å². The van der Waals surface area contributed by atoms with E-state index in [4.69, 9.17) is 4.42 Å². The maximum Gasteiger partial charge on any atom is 0.264 e. The highest BCUT2D eigenvalue weighted by Crippen LogP contribution is 2.15. The lowest BCUT2D eigenvalue weighted by Crippen LogP contribution is -2.05. The van der Waals surface area contributed by atoms with Crippen LogP contribution < -0.4 is 5.56 Å². The number of rotatable bonds is 1. The minimum Gasteiger partial charge on any atom is -0.464 e. The second-order valence-electron chi connectivity index (χ2n) is 2.31. The van der Waals surface area contributed by atoms with Crippen LogP contribution in [0, 0.1) is 0 Å². The van der Waals surface area contributed by atoms with Gasteiger partial charge in [0, 0.05) is 11.6 Å². The van der Waals surface area contributed by atoms with Crippen LogP contribution in [0.4, 0.5) is 0 Å². The molecule has 0 radical (unpaired) electrons. The number of hydrogen-bond donors (Lipinski definition) is 1. The van der Waals surface area contributed by atoms with E-state index < -0.39 is 0 Å². The van der Waals surface area contributed by atoms with Crippen LogP contribution in [-0.4, -0.2) is 10.2 Å². The van der Waals surface area contributed by atoms with Gasteiger partial charge in [0.15, 0.2) is 0 Å². The summed E-state index contributed by atoms with van der Waals surface area (Å²) in [4.78, 5) is 10.8. The van der Waals surface area contributed by atoms with Crippen molar-refractivity contribution in [3.8, 4) is 11.3 Å². The van der Waals surface area contributed by atoms with Gasteiger partial charge in [-0.1, -0.05) is 0 Å². The molecular weight excluding hydrogens is 156 g/mol. The van der Waals surface area contributed by atoms with Gasteiger partial charge in [0.25, 0.3) is 5.56 Å². The number of aromatic amines is 1. The molecule has 1 N–H and O–H groups in total. The Balaban J connectivity index is 2.55. The lowest BCUT2D eigenvalue weighted by molar-refractivity contribution is 0.581. The Morgan fingerprint density at radius 2 is 2.42 bits per heavy atom. The SMILES string of the molecule is O=c1cc(-c2ccco2)cn[nH]1. The molecule has 4 nitrogen and oxygen atoms in total. The quantitative estimate of drug-likeness (QED) is 0.681. The fourth-order valence-corrected chi connectivity index (χ4v) is 0.954. The van der Waals surface area contributed by atoms with Crippen molar-refractivity contribution in [2.45, 2.75) is 0 Å². The second-order valence-corrected chi connectivity index (χ2v) is 2.31. The fourth-order valence-electron chi connectivity index (χ4n) is 0.954. The van der Waals surface area contributed by atoms with Gasteiger partial charge >= 0.3 is 0 Å². The van der Waals surface area contributed by atoms with Gasteiger partial charge in [-0.3, -0.25) is 4.79 Å². The van der Waals surface area contributed by atoms with Crippen LogP contribution in [0.5, 0.6) is 0 Å². The van der Waals surface area contributed by atoms with E-state index in [1.165, 1.54) is 6.07 Å². The average molecular weight is 162 g/mol. The second kappa shape index (κ2) is 2.65. The Hall–Kier alpha value is -1.84. The first-order chi connectivity index (χ1) is 5.86. The first kappa shape index (κ1) is 6.84. The molecule has 2 aromatic rings. The van der Waals surface area contributed by atoms with Crippen molar-refractivity contribution in [3.63, 3.8) is 0 Å². The van der Waals surface area contributed by atoms with Crippen LogP contribution in [0.25, 0.3) is 11.3 Å². The number of furan rings is 1. The Bertz CT molecular complexity index is 417. The lowest BCUT2D eigenvalue weighted by Gasteiger charge is -1.91. The molecule has 0 fully saturated rings. The van der Waals surface area contributed by atoms with Crippen molar-refractivity contribution in [1.29, 1.82) is 0 Å². The maximum atomic E-state index is 10.8. The van der Waals surface area contributed by atoms with E-state index in [1.807, 2.05) is 0 Å². The number of nitrogens with one attached hydrogen (secondary N) is 1. The van der Waals surface area contributed by atoms with Gasteiger partial charge in [-0.2, -0.15) is 5.10 Å². The van der Waals surface area contributed by atoms with E-state index in [0.717, 1.165) is 0 Å². The molecule has 0 aromatic carbocycles. The molecule has 0 aliphatic heterocycles. The van der Waals surface area contributed by atoms with Crippen LogP contribution in [0.2, 0.25) is 0 Å². The number of hydrogen-bond acceptors (Lipinski definition) is 3. The molecule has 60 valence electrons. The van der Waals surface area contributed by atoms with E-state index in [9.17, 15) is 4.79 Å². The summed E-state index contributed by atoms with van der Waals surface area (Å²) in [6.07, 6.45) is 3.09. The zero-order valence-corrected chi connectivity index (χ0v) is 6.15. The molecule has 0 amide bonds. The van der Waals surface area contributed by atoms with Crippen LogP contribution >= 0.6 is 0 Å². The summed E-state index contributed by atoms with van der Waals surface area (Å²) in [5.41, 5.74) is 0.452. The zero-order chi connectivity index (χ0) is 8.39. The maximum absolute atomic E-state index is 10.8. The van der Waals surface area contributed by atoms with E-state index in [0.29, 0.717) is 11.3 Å². The molecule has 0 atom stereocenters. The predicted molar refractivity (Wildman–Crippen MR) is 42.6 cm³/mol. The van der Waals surface area contributed by atoms with Gasteiger partial charge in [0.1, 0.15) is 5.76 Å². The predicted octanol–water partition coefficient (Wildman–Crippen LogP) is 1.03. The fraction of sp³-hybridized carbons (Fsp3) is 0. The van der Waals surface area contributed by atoms with Crippen molar-refractivity contribution in [2.75, 3.05) is 0 Å². The van der Waals surface area contributed by atoms with Gasteiger partial charge in [0.05, 0.1) is 12.5 Å². The molecule has 0 bridgehead atoms. The standard InChI is InChI=1S/C8H6N2O2/c11-8-4-6(5-9-10-8)7-2-1-3-12-7/h1-5H,(H,10,11). The Kier molecular flexibility index (Phi) is 1.51. The summed E-state index contributed by atoms with van der Waals surface area (Å²) in [5, 5.41) is 5.93. The molecular formula is C8H6N2O2. The smallest absolute Gasteiger partial charge is 0.264 e. The third-order valence-corrected chi connectivity index (χ3v) is 1.47. The molecule has 2 heterocycles. The molecule has 0 spiro atoms. The molecule has 4 heteroatoms. The van der Waals surface area contributed by atoms with Crippen molar-refractivity contribution in [2.24, 2.45) is 0 Å². The van der Waals surface area contributed by atoms with Crippen molar-refractivity contribution >= 4 is 0 Å². The summed E-state index contributed by atoms with van der Waals surface area (Å²) in [7, 11) is 0. The highest BCUT2D eigenvalue weighted by Gasteiger charge is 1.99. The molecule has 0 saturated carbocycles. The monoisotopic (exact) mass is 162 g/mol. The summed E-state index contributed by atoms with van der Waals surface area (Å²) in [6, 6.07) is 4.97. The lowest BCUT2D eigenvalue weighted by atomic mass is 10.2. The first-order valence-corrected chi connectivity index (χ1v) is 3.45. The topological polar surface area (TPSA) is 58.9 Å². The summed E-state index contributed by atoms with van der Waals surface area (Å²) in [5.74, 6) is 0.647. The molecule has 0 aliphatic rings. The van der Waals surface area contributed by atoms with Gasteiger partial charge in [-0.25, -0.2) is 5.10 Å². The summed E-state index contributed by atoms with van der Waals surface area (Å²) >= 11 is 0. The number of aromatic nitrogens is 2. The minimum absolute atomic E-state index is 0.232. The van der Waals surface area contributed by atoms with Crippen molar-refractivity contribution < 1.29 is 4.42 Å². The average Bonchev–Trinajstić information content (AvgIpc) is 2.56. The van der Waals surface area contributed by atoms with Gasteiger partial charge in [0.2, 0.25) is 0 Å². The molecule has 2 rings (SSSR count). The van der Waals surface area contributed by atoms with Crippen LogP contribution in [0.1, 0.15) is 0 Å². The Labute approximate surface area is 67.9 Å². The Morgan fingerprint density at radius 1 is 1.50 bits per heavy atom. The zero-order valence-electron chi connectivity index (χ0n) is 6.15. The third-order valence-electron chi connectivity index (χ3n) is 1.47. The third kappa shape index (κ3) is 1.14. The summed E-state index contributed by atoms with van der Waals surface area (Å²) < 4.78 is 5.08. The molecule has 12 heavy (non-hydrogen) atoms. The molecule has 2 aromatic heterocycles. The molecule has 0 saturated heterocycles.